The number of hydrogen-bond acceptors (Lipinski definition) is 3. The lowest BCUT2D eigenvalue weighted by Gasteiger charge is -2.33. The van der Waals surface area contributed by atoms with Gasteiger partial charge in [-0.3, -0.25) is 0 Å². The molecule has 1 saturated heterocycles. The number of ether oxygens (including phenoxy) is 2. The molecule has 2 aliphatic rings. The molecule has 1 saturated carbocycles. The van der Waals surface area contributed by atoms with Crippen molar-refractivity contribution >= 4 is 11.6 Å². The van der Waals surface area contributed by atoms with Gasteiger partial charge in [0.15, 0.2) is 0 Å². The van der Waals surface area contributed by atoms with Crippen LogP contribution in [-0.2, 0) is 9.47 Å². The summed E-state index contributed by atoms with van der Waals surface area (Å²) in [5.74, 6) is 0.991. The first-order chi connectivity index (χ1) is 12.2. The van der Waals surface area contributed by atoms with Crippen molar-refractivity contribution in [2.75, 3.05) is 26.9 Å². The summed E-state index contributed by atoms with van der Waals surface area (Å²) >= 11 is 6.22. The van der Waals surface area contributed by atoms with Crippen LogP contribution >= 0.6 is 11.6 Å². The van der Waals surface area contributed by atoms with E-state index in [0.29, 0.717) is 23.6 Å². The van der Waals surface area contributed by atoms with Gasteiger partial charge in [0.1, 0.15) is 5.82 Å². The molecule has 2 unspecified atom stereocenters. The SMILES string of the molecule is COC1COCCC1NCCC1CCC(c2ccc(F)cc2Cl)CC1. The lowest BCUT2D eigenvalue weighted by atomic mass is 9.77. The highest BCUT2D eigenvalue weighted by molar-refractivity contribution is 6.31. The molecule has 0 aromatic heterocycles. The first-order valence-corrected chi connectivity index (χ1v) is 9.84. The molecule has 3 nitrogen and oxygen atoms in total. The van der Waals surface area contributed by atoms with Crippen molar-refractivity contribution in [2.24, 2.45) is 5.92 Å². The van der Waals surface area contributed by atoms with Gasteiger partial charge in [-0.2, -0.15) is 0 Å². The molecular weight excluding hydrogens is 341 g/mol. The molecule has 0 amide bonds. The predicted molar refractivity (Wildman–Crippen MR) is 98.7 cm³/mol. The van der Waals surface area contributed by atoms with E-state index in [9.17, 15) is 4.39 Å². The Morgan fingerprint density at radius 3 is 2.76 bits per heavy atom. The Morgan fingerprint density at radius 2 is 2.04 bits per heavy atom. The van der Waals surface area contributed by atoms with E-state index in [0.717, 1.165) is 43.9 Å². The third-order valence-electron chi connectivity index (χ3n) is 5.82. The molecule has 5 heteroatoms. The van der Waals surface area contributed by atoms with E-state index >= 15 is 0 Å². The average Bonchev–Trinajstić information content (AvgIpc) is 2.63. The molecule has 2 atom stereocenters. The molecule has 2 fully saturated rings. The quantitative estimate of drug-likeness (QED) is 0.798. The van der Waals surface area contributed by atoms with Gasteiger partial charge in [-0.1, -0.05) is 17.7 Å². The second-order valence-electron chi connectivity index (χ2n) is 7.37. The van der Waals surface area contributed by atoms with E-state index < -0.39 is 0 Å². The van der Waals surface area contributed by atoms with Crippen molar-refractivity contribution in [1.82, 2.24) is 5.32 Å². The smallest absolute Gasteiger partial charge is 0.124 e. The highest BCUT2D eigenvalue weighted by Gasteiger charge is 2.27. The number of hydrogen-bond donors (Lipinski definition) is 1. The number of halogens is 2. The fourth-order valence-electron chi connectivity index (χ4n) is 4.25. The average molecular weight is 370 g/mol. The maximum absolute atomic E-state index is 13.2. The minimum Gasteiger partial charge on any atom is -0.379 e. The van der Waals surface area contributed by atoms with E-state index in [-0.39, 0.29) is 11.9 Å². The van der Waals surface area contributed by atoms with Crippen LogP contribution in [0.3, 0.4) is 0 Å². The Labute approximate surface area is 155 Å². The molecule has 1 heterocycles. The van der Waals surface area contributed by atoms with Gasteiger partial charge in [0.2, 0.25) is 0 Å². The Morgan fingerprint density at radius 1 is 1.24 bits per heavy atom. The molecule has 1 aliphatic heterocycles. The molecular formula is C20H29ClFNO2. The van der Waals surface area contributed by atoms with Crippen molar-refractivity contribution < 1.29 is 13.9 Å². The summed E-state index contributed by atoms with van der Waals surface area (Å²) in [5, 5.41) is 4.24. The lowest BCUT2D eigenvalue weighted by Crippen LogP contribution is -2.47. The van der Waals surface area contributed by atoms with Gasteiger partial charge in [0, 0.05) is 24.8 Å². The predicted octanol–water partition coefficient (Wildman–Crippen LogP) is 4.54. The van der Waals surface area contributed by atoms with Crippen LogP contribution in [0.15, 0.2) is 18.2 Å². The van der Waals surface area contributed by atoms with Crippen LogP contribution in [0.25, 0.3) is 0 Å². The first-order valence-electron chi connectivity index (χ1n) is 9.46. The normalized spacial score (nSPS) is 30.4. The zero-order valence-corrected chi connectivity index (χ0v) is 15.7. The molecule has 140 valence electrons. The zero-order chi connectivity index (χ0) is 17.6. The van der Waals surface area contributed by atoms with E-state index in [2.05, 4.69) is 5.32 Å². The fraction of sp³-hybridized carbons (Fsp3) is 0.700. The molecule has 1 aliphatic carbocycles. The molecule has 3 rings (SSSR count). The van der Waals surface area contributed by atoms with Gasteiger partial charge in [-0.15, -0.1) is 0 Å². The molecule has 0 bridgehead atoms. The number of benzene rings is 1. The first kappa shape index (κ1) is 19.1. The zero-order valence-electron chi connectivity index (χ0n) is 15.0. The molecule has 1 aromatic rings. The monoisotopic (exact) mass is 369 g/mol. The molecule has 1 aromatic carbocycles. The van der Waals surface area contributed by atoms with Crippen LogP contribution in [-0.4, -0.2) is 39.0 Å². The fourth-order valence-corrected chi connectivity index (χ4v) is 4.57. The van der Waals surface area contributed by atoms with Gasteiger partial charge in [-0.25, -0.2) is 4.39 Å². The number of methoxy groups -OCH3 is 1. The summed E-state index contributed by atoms with van der Waals surface area (Å²) in [6, 6.07) is 5.23. The van der Waals surface area contributed by atoms with Crippen molar-refractivity contribution in [2.45, 2.75) is 56.6 Å². The molecule has 25 heavy (non-hydrogen) atoms. The maximum atomic E-state index is 13.2. The van der Waals surface area contributed by atoms with Crippen LogP contribution < -0.4 is 5.32 Å². The number of nitrogens with one attached hydrogen (secondary N) is 1. The topological polar surface area (TPSA) is 30.5 Å². The number of rotatable bonds is 6. The van der Waals surface area contributed by atoms with E-state index in [1.165, 1.54) is 31.4 Å². The summed E-state index contributed by atoms with van der Waals surface area (Å²) in [6.07, 6.45) is 7.14. The van der Waals surface area contributed by atoms with Crippen molar-refractivity contribution in [1.29, 1.82) is 0 Å². The summed E-state index contributed by atoms with van der Waals surface area (Å²) in [5.41, 5.74) is 1.12. The van der Waals surface area contributed by atoms with E-state index in [1.807, 2.05) is 6.07 Å². The van der Waals surface area contributed by atoms with Gasteiger partial charge in [0.25, 0.3) is 0 Å². The maximum Gasteiger partial charge on any atom is 0.124 e. The second kappa shape index (κ2) is 9.31. The Kier molecular flexibility index (Phi) is 7.11. The standard InChI is InChI=1S/C20H29ClFNO2/c1-24-20-13-25-11-9-19(20)23-10-8-14-2-4-15(5-3-14)17-7-6-16(22)12-18(17)21/h6-7,12,14-15,19-20,23H,2-5,8-11,13H2,1H3. The van der Waals surface area contributed by atoms with Crippen LogP contribution in [0.5, 0.6) is 0 Å². The Balaban J connectivity index is 1.40. The van der Waals surface area contributed by atoms with E-state index in [4.69, 9.17) is 21.1 Å². The third kappa shape index (κ3) is 5.16. The molecule has 1 N–H and O–H groups in total. The van der Waals surface area contributed by atoms with Crippen molar-refractivity contribution in [3.63, 3.8) is 0 Å². The van der Waals surface area contributed by atoms with Crippen LogP contribution in [0.4, 0.5) is 4.39 Å². The van der Waals surface area contributed by atoms with Gasteiger partial charge in [-0.05, 0) is 74.6 Å². The van der Waals surface area contributed by atoms with Gasteiger partial charge in [0.05, 0.1) is 12.7 Å². The van der Waals surface area contributed by atoms with Crippen LogP contribution in [0, 0.1) is 11.7 Å². The summed E-state index contributed by atoms with van der Waals surface area (Å²) in [6.45, 7) is 2.55. The minimum absolute atomic E-state index is 0.171. The molecule has 0 spiro atoms. The lowest BCUT2D eigenvalue weighted by molar-refractivity contribution is -0.0499. The molecule has 0 radical (unpaired) electrons. The summed E-state index contributed by atoms with van der Waals surface area (Å²) in [7, 11) is 1.76. The van der Waals surface area contributed by atoms with Gasteiger partial charge >= 0.3 is 0 Å². The largest absolute Gasteiger partial charge is 0.379 e. The minimum atomic E-state index is -0.254. The van der Waals surface area contributed by atoms with Crippen molar-refractivity contribution in [3.05, 3.63) is 34.6 Å². The Bertz CT molecular complexity index is 548. The summed E-state index contributed by atoms with van der Waals surface area (Å²) < 4.78 is 24.2. The van der Waals surface area contributed by atoms with E-state index in [1.54, 1.807) is 7.11 Å². The third-order valence-corrected chi connectivity index (χ3v) is 6.14. The highest BCUT2D eigenvalue weighted by Crippen LogP contribution is 2.39. The highest BCUT2D eigenvalue weighted by atomic mass is 35.5. The van der Waals surface area contributed by atoms with Gasteiger partial charge < -0.3 is 14.8 Å². The van der Waals surface area contributed by atoms with Crippen LogP contribution in [0.2, 0.25) is 5.02 Å². The van der Waals surface area contributed by atoms with Crippen molar-refractivity contribution in [3.8, 4) is 0 Å². The Hall–Kier alpha value is -0.680. The summed E-state index contributed by atoms with van der Waals surface area (Å²) in [4.78, 5) is 0. The van der Waals surface area contributed by atoms with Crippen LogP contribution in [0.1, 0.15) is 50.0 Å². The second-order valence-corrected chi connectivity index (χ2v) is 7.78.